The molecule has 18 heavy (non-hydrogen) atoms. The van der Waals surface area contributed by atoms with Crippen LogP contribution in [0.25, 0.3) is 0 Å². The molecule has 94 valence electrons. The Kier molecular flexibility index (Phi) is 2.75. The van der Waals surface area contributed by atoms with Crippen LogP contribution in [0.15, 0.2) is 18.2 Å². The number of hydrogen-bond donors (Lipinski definition) is 1. The molecule has 1 N–H and O–H groups in total. The molecule has 1 aromatic carbocycles. The van der Waals surface area contributed by atoms with Gasteiger partial charge in [-0.05, 0) is 25.0 Å². The number of nitrogens with one attached hydrogen (secondary N) is 1. The zero-order valence-electron chi connectivity index (χ0n) is 10.2. The van der Waals surface area contributed by atoms with Crippen LogP contribution in [0.4, 0.5) is 5.69 Å². The van der Waals surface area contributed by atoms with E-state index in [1.165, 1.54) is 0 Å². The molecule has 2 aliphatic rings. The molecule has 4 nitrogen and oxygen atoms in total. The maximum Gasteiger partial charge on any atom is 0.163 e. The molecule has 4 heteroatoms. The second-order valence-electron chi connectivity index (χ2n) is 4.96. The van der Waals surface area contributed by atoms with Crippen LogP contribution in [0.5, 0.6) is 11.5 Å². The van der Waals surface area contributed by atoms with E-state index in [-0.39, 0.29) is 5.41 Å². The van der Waals surface area contributed by atoms with Crippen LogP contribution in [-0.4, -0.2) is 19.8 Å². The fourth-order valence-electron chi connectivity index (χ4n) is 2.36. The van der Waals surface area contributed by atoms with Crippen molar-refractivity contribution in [3.8, 4) is 17.6 Å². The predicted octanol–water partition coefficient (Wildman–Crippen LogP) is 2.56. The molecule has 1 heterocycles. The Morgan fingerprint density at radius 1 is 1.22 bits per heavy atom. The number of nitrogens with zero attached hydrogens (tertiary/aromatic N) is 1. The highest BCUT2D eigenvalue weighted by molar-refractivity contribution is 5.55. The normalized spacial score (nSPS) is 19.5. The minimum absolute atomic E-state index is 0.159. The molecule has 1 fully saturated rings. The second-order valence-corrected chi connectivity index (χ2v) is 4.96. The lowest BCUT2D eigenvalue weighted by molar-refractivity contribution is 0.171. The first-order valence-corrected chi connectivity index (χ1v) is 6.36. The molecule has 0 aromatic heterocycles. The van der Waals surface area contributed by atoms with E-state index in [0.717, 1.165) is 36.4 Å². The van der Waals surface area contributed by atoms with Crippen LogP contribution in [0.3, 0.4) is 0 Å². The van der Waals surface area contributed by atoms with E-state index in [9.17, 15) is 5.26 Å². The van der Waals surface area contributed by atoms with E-state index >= 15 is 0 Å². The van der Waals surface area contributed by atoms with Gasteiger partial charge in [0.2, 0.25) is 0 Å². The van der Waals surface area contributed by atoms with Gasteiger partial charge in [-0.15, -0.1) is 0 Å². The molecule has 0 spiro atoms. The monoisotopic (exact) mass is 244 g/mol. The molecule has 0 bridgehead atoms. The molecule has 3 rings (SSSR count). The number of rotatable bonds is 3. The molecule has 1 saturated carbocycles. The number of benzene rings is 1. The lowest BCUT2D eigenvalue weighted by Crippen LogP contribution is -2.35. The van der Waals surface area contributed by atoms with Gasteiger partial charge in [-0.25, -0.2) is 0 Å². The van der Waals surface area contributed by atoms with Gasteiger partial charge < -0.3 is 14.8 Å². The first-order valence-electron chi connectivity index (χ1n) is 6.36. The van der Waals surface area contributed by atoms with Gasteiger partial charge >= 0.3 is 0 Å². The first-order chi connectivity index (χ1) is 8.81. The van der Waals surface area contributed by atoms with Crippen molar-refractivity contribution in [3.05, 3.63) is 18.2 Å². The van der Waals surface area contributed by atoms with Gasteiger partial charge in [0, 0.05) is 18.3 Å². The van der Waals surface area contributed by atoms with Gasteiger partial charge in [0.15, 0.2) is 11.5 Å². The predicted molar refractivity (Wildman–Crippen MR) is 67.8 cm³/mol. The summed E-state index contributed by atoms with van der Waals surface area (Å²) in [6.07, 6.45) is 3.17. The summed E-state index contributed by atoms with van der Waals surface area (Å²) < 4.78 is 11.0. The van der Waals surface area contributed by atoms with Gasteiger partial charge in [0.25, 0.3) is 0 Å². The smallest absolute Gasteiger partial charge is 0.163 e. The average Bonchev–Trinajstić information content (AvgIpc) is 2.38. The Balaban J connectivity index is 1.68. The highest BCUT2D eigenvalue weighted by atomic mass is 16.6. The third-order valence-corrected chi connectivity index (χ3v) is 3.72. The summed E-state index contributed by atoms with van der Waals surface area (Å²) in [4.78, 5) is 0. The SMILES string of the molecule is N#CC1(CNc2ccc3c(c2)OCCO3)CCC1. The summed E-state index contributed by atoms with van der Waals surface area (Å²) in [7, 11) is 0. The van der Waals surface area contributed by atoms with Gasteiger partial charge in [-0.1, -0.05) is 6.42 Å². The van der Waals surface area contributed by atoms with Crippen molar-refractivity contribution in [1.82, 2.24) is 0 Å². The van der Waals surface area contributed by atoms with Crippen LogP contribution < -0.4 is 14.8 Å². The van der Waals surface area contributed by atoms with Crippen molar-refractivity contribution >= 4 is 5.69 Å². The average molecular weight is 244 g/mol. The molecule has 0 radical (unpaired) electrons. The van der Waals surface area contributed by atoms with E-state index in [2.05, 4.69) is 11.4 Å². The first kappa shape index (κ1) is 11.2. The molecule has 0 amide bonds. The molecular formula is C14H16N2O2. The Bertz CT molecular complexity index is 489. The standard InChI is InChI=1S/C14H16N2O2/c15-9-14(4-1-5-14)10-16-11-2-3-12-13(8-11)18-7-6-17-12/h2-3,8,16H,1,4-7,10H2. The van der Waals surface area contributed by atoms with Crippen LogP contribution in [0.1, 0.15) is 19.3 Å². The van der Waals surface area contributed by atoms with Crippen molar-refractivity contribution in [2.45, 2.75) is 19.3 Å². The Labute approximate surface area is 107 Å². The topological polar surface area (TPSA) is 54.3 Å². The largest absolute Gasteiger partial charge is 0.486 e. The summed E-state index contributed by atoms with van der Waals surface area (Å²) in [6.45, 7) is 1.92. The zero-order valence-corrected chi connectivity index (χ0v) is 10.2. The van der Waals surface area contributed by atoms with Crippen molar-refractivity contribution in [1.29, 1.82) is 5.26 Å². The van der Waals surface area contributed by atoms with E-state index in [1.807, 2.05) is 18.2 Å². The number of nitriles is 1. The second kappa shape index (κ2) is 4.41. The lowest BCUT2D eigenvalue weighted by atomic mass is 9.70. The minimum atomic E-state index is -0.159. The number of ether oxygens (including phenoxy) is 2. The van der Waals surface area contributed by atoms with Crippen LogP contribution in [-0.2, 0) is 0 Å². The maximum absolute atomic E-state index is 9.17. The maximum atomic E-state index is 9.17. The highest BCUT2D eigenvalue weighted by Crippen LogP contribution is 2.40. The van der Waals surface area contributed by atoms with Crippen molar-refractivity contribution in [3.63, 3.8) is 0 Å². The fraction of sp³-hybridized carbons (Fsp3) is 0.500. The Morgan fingerprint density at radius 3 is 2.67 bits per heavy atom. The zero-order chi connectivity index (χ0) is 12.4. The number of hydrogen-bond acceptors (Lipinski definition) is 4. The molecule has 0 atom stereocenters. The molecule has 1 aliphatic carbocycles. The summed E-state index contributed by atoms with van der Waals surface area (Å²) in [5.41, 5.74) is 0.827. The van der Waals surface area contributed by atoms with E-state index < -0.39 is 0 Å². The molecule has 0 saturated heterocycles. The van der Waals surface area contributed by atoms with Gasteiger partial charge in [0.05, 0.1) is 11.5 Å². The summed E-state index contributed by atoms with van der Waals surface area (Å²) >= 11 is 0. The summed E-state index contributed by atoms with van der Waals surface area (Å²) in [5.74, 6) is 1.58. The Hall–Kier alpha value is -1.89. The van der Waals surface area contributed by atoms with Gasteiger partial charge in [-0.2, -0.15) is 5.26 Å². The lowest BCUT2D eigenvalue weighted by Gasteiger charge is -2.35. The highest BCUT2D eigenvalue weighted by Gasteiger charge is 2.36. The quantitative estimate of drug-likeness (QED) is 0.887. The van der Waals surface area contributed by atoms with Gasteiger partial charge in [0.1, 0.15) is 13.2 Å². The van der Waals surface area contributed by atoms with Crippen molar-refractivity contribution < 1.29 is 9.47 Å². The molecule has 1 aliphatic heterocycles. The van der Waals surface area contributed by atoms with Crippen LogP contribution in [0, 0.1) is 16.7 Å². The van der Waals surface area contributed by atoms with Crippen molar-refractivity contribution in [2.24, 2.45) is 5.41 Å². The van der Waals surface area contributed by atoms with E-state index in [1.54, 1.807) is 0 Å². The molecule has 1 aromatic rings. The van der Waals surface area contributed by atoms with Gasteiger partial charge in [-0.3, -0.25) is 0 Å². The minimum Gasteiger partial charge on any atom is -0.486 e. The summed E-state index contributed by atoms with van der Waals surface area (Å²) in [6, 6.07) is 8.25. The summed E-state index contributed by atoms with van der Waals surface area (Å²) in [5, 5.41) is 12.5. The Morgan fingerprint density at radius 2 is 2.00 bits per heavy atom. The van der Waals surface area contributed by atoms with Crippen LogP contribution >= 0.6 is 0 Å². The van der Waals surface area contributed by atoms with Crippen LogP contribution in [0.2, 0.25) is 0 Å². The van der Waals surface area contributed by atoms with Crippen molar-refractivity contribution in [2.75, 3.05) is 25.1 Å². The van der Waals surface area contributed by atoms with E-state index in [0.29, 0.717) is 19.8 Å². The van der Waals surface area contributed by atoms with E-state index in [4.69, 9.17) is 9.47 Å². The number of fused-ring (bicyclic) bond motifs is 1. The third kappa shape index (κ3) is 1.97. The third-order valence-electron chi connectivity index (χ3n) is 3.72. The number of anilines is 1. The fourth-order valence-corrected chi connectivity index (χ4v) is 2.36. The molecule has 0 unspecified atom stereocenters. The molecular weight excluding hydrogens is 228 g/mol.